The molecule has 2 atom stereocenters. The Morgan fingerprint density at radius 1 is 0.941 bits per heavy atom. The summed E-state index contributed by atoms with van der Waals surface area (Å²) in [4.78, 5) is 32.4. The SMILES string of the molecule is CC(C)(C)N1C[C@@H](C(=O)N2CCN(C(=O)CC3CCCCC3)CC2)[C@H](c2ccc(F)cc2F)C1. The molecule has 0 radical (unpaired) electrons. The lowest BCUT2D eigenvalue weighted by Gasteiger charge is -2.37. The number of carbonyl (C=O) groups excluding carboxylic acids is 2. The van der Waals surface area contributed by atoms with E-state index in [0.29, 0.717) is 57.2 Å². The minimum Gasteiger partial charge on any atom is -0.339 e. The van der Waals surface area contributed by atoms with Gasteiger partial charge in [0.05, 0.1) is 5.92 Å². The second-order valence-corrected chi connectivity index (χ2v) is 11.4. The van der Waals surface area contributed by atoms with E-state index in [9.17, 15) is 18.4 Å². The zero-order valence-corrected chi connectivity index (χ0v) is 20.9. The van der Waals surface area contributed by atoms with Crippen LogP contribution in [0, 0.1) is 23.5 Å². The number of hydrogen-bond acceptors (Lipinski definition) is 3. The van der Waals surface area contributed by atoms with E-state index in [0.717, 1.165) is 18.9 Å². The lowest BCUT2D eigenvalue weighted by molar-refractivity contribution is -0.142. The number of carbonyl (C=O) groups is 2. The minimum absolute atomic E-state index is 0.0138. The molecule has 1 saturated carbocycles. The number of benzene rings is 1. The number of nitrogens with zero attached hydrogens (tertiary/aromatic N) is 3. The summed E-state index contributed by atoms with van der Waals surface area (Å²) in [6, 6.07) is 3.67. The maximum Gasteiger partial charge on any atom is 0.227 e. The highest BCUT2D eigenvalue weighted by molar-refractivity contribution is 5.81. The Morgan fingerprint density at radius 3 is 2.21 bits per heavy atom. The van der Waals surface area contributed by atoms with E-state index in [1.54, 1.807) is 0 Å². The molecule has 2 amide bonds. The third-order valence-corrected chi connectivity index (χ3v) is 8.08. The third kappa shape index (κ3) is 5.61. The molecular formula is C27H39F2N3O2. The topological polar surface area (TPSA) is 43.9 Å². The lowest BCUT2D eigenvalue weighted by Crippen LogP contribution is -2.53. The van der Waals surface area contributed by atoms with Gasteiger partial charge < -0.3 is 9.80 Å². The number of rotatable bonds is 4. The van der Waals surface area contributed by atoms with Gasteiger partial charge in [-0.25, -0.2) is 8.78 Å². The second kappa shape index (κ2) is 10.3. The molecule has 0 aromatic heterocycles. The van der Waals surface area contributed by atoms with Crippen LogP contribution in [0.25, 0.3) is 0 Å². The molecular weight excluding hydrogens is 436 g/mol. The van der Waals surface area contributed by atoms with Gasteiger partial charge in [0.2, 0.25) is 11.8 Å². The number of likely N-dealkylation sites (tertiary alicyclic amines) is 1. The summed E-state index contributed by atoms with van der Waals surface area (Å²) in [5, 5.41) is 0. The monoisotopic (exact) mass is 475 g/mol. The minimum atomic E-state index is -0.608. The zero-order valence-electron chi connectivity index (χ0n) is 20.9. The van der Waals surface area contributed by atoms with Crippen molar-refractivity contribution in [1.82, 2.24) is 14.7 Å². The Balaban J connectivity index is 1.41. The molecule has 4 rings (SSSR count). The fraction of sp³-hybridized carbons (Fsp3) is 0.704. The van der Waals surface area contributed by atoms with Crippen molar-refractivity contribution < 1.29 is 18.4 Å². The van der Waals surface area contributed by atoms with Crippen LogP contribution >= 0.6 is 0 Å². The number of amides is 2. The smallest absolute Gasteiger partial charge is 0.227 e. The van der Waals surface area contributed by atoms with Crippen LogP contribution < -0.4 is 0 Å². The molecule has 0 N–H and O–H groups in total. The van der Waals surface area contributed by atoms with Crippen molar-refractivity contribution in [2.45, 2.75) is 70.8 Å². The van der Waals surface area contributed by atoms with Gasteiger partial charge in [-0.15, -0.1) is 0 Å². The molecule has 2 saturated heterocycles. The zero-order chi connectivity index (χ0) is 24.5. The first-order valence-corrected chi connectivity index (χ1v) is 12.9. The van der Waals surface area contributed by atoms with E-state index in [4.69, 9.17) is 0 Å². The Kier molecular flexibility index (Phi) is 7.60. The molecule has 1 aromatic carbocycles. The van der Waals surface area contributed by atoms with Gasteiger partial charge in [0.1, 0.15) is 11.6 Å². The Morgan fingerprint density at radius 2 is 1.59 bits per heavy atom. The fourth-order valence-corrected chi connectivity index (χ4v) is 5.90. The summed E-state index contributed by atoms with van der Waals surface area (Å²) >= 11 is 0. The van der Waals surface area contributed by atoms with E-state index in [-0.39, 0.29) is 29.2 Å². The van der Waals surface area contributed by atoms with Gasteiger partial charge in [-0.05, 0) is 51.2 Å². The molecule has 188 valence electrons. The molecule has 1 aromatic rings. The first-order chi connectivity index (χ1) is 16.1. The maximum absolute atomic E-state index is 14.7. The summed E-state index contributed by atoms with van der Waals surface area (Å²) in [5.74, 6) is -1.17. The lowest BCUT2D eigenvalue weighted by atomic mass is 9.86. The molecule has 0 unspecified atom stereocenters. The van der Waals surface area contributed by atoms with Gasteiger partial charge in [-0.2, -0.15) is 0 Å². The number of piperazine rings is 1. The maximum atomic E-state index is 14.7. The molecule has 5 nitrogen and oxygen atoms in total. The molecule has 3 aliphatic rings. The third-order valence-electron chi connectivity index (χ3n) is 8.08. The average Bonchev–Trinajstić information content (AvgIpc) is 3.25. The number of halogens is 2. The summed E-state index contributed by atoms with van der Waals surface area (Å²) in [6.45, 7) is 9.52. The van der Waals surface area contributed by atoms with E-state index < -0.39 is 11.6 Å². The van der Waals surface area contributed by atoms with Crippen molar-refractivity contribution in [3.05, 3.63) is 35.4 Å². The predicted molar refractivity (Wildman–Crippen MR) is 128 cm³/mol. The largest absolute Gasteiger partial charge is 0.339 e. The molecule has 0 bridgehead atoms. The van der Waals surface area contributed by atoms with Crippen molar-refractivity contribution in [3.63, 3.8) is 0 Å². The fourth-order valence-electron chi connectivity index (χ4n) is 5.90. The van der Waals surface area contributed by atoms with Crippen LogP contribution in [0.5, 0.6) is 0 Å². The first-order valence-electron chi connectivity index (χ1n) is 12.9. The van der Waals surface area contributed by atoms with Crippen molar-refractivity contribution in [2.75, 3.05) is 39.3 Å². The van der Waals surface area contributed by atoms with E-state index >= 15 is 0 Å². The molecule has 34 heavy (non-hydrogen) atoms. The van der Waals surface area contributed by atoms with Crippen molar-refractivity contribution in [3.8, 4) is 0 Å². The van der Waals surface area contributed by atoms with Gasteiger partial charge in [-0.1, -0.05) is 25.3 Å². The van der Waals surface area contributed by atoms with Crippen LogP contribution in [0.2, 0.25) is 0 Å². The summed E-state index contributed by atoms with van der Waals surface area (Å²) in [6.07, 6.45) is 6.66. The van der Waals surface area contributed by atoms with E-state index in [1.807, 2.05) is 9.80 Å². The van der Waals surface area contributed by atoms with E-state index in [1.165, 1.54) is 31.4 Å². The summed E-state index contributed by atoms with van der Waals surface area (Å²) in [5.41, 5.74) is 0.251. The summed E-state index contributed by atoms with van der Waals surface area (Å²) in [7, 11) is 0. The van der Waals surface area contributed by atoms with Crippen molar-refractivity contribution in [1.29, 1.82) is 0 Å². The van der Waals surface area contributed by atoms with Crippen LogP contribution in [0.15, 0.2) is 18.2 Å². The Labute approximate surface area is 202 Å². The second-order valence-electron chi connectivity index (χ2n) is 11.4. The van der Waals surface area contributed by atoms with Gasteiger partial charge in [0.15, 0.2) is 0 Å². The summed E-state index contributed by atoms with van der Waals surface area (Å²) < 4.78 is 28.2. The molecule has 7 heteroatoms. The van der Waals surface area contributed by atoms with Gasteiger partial charge >= 0.3 is 0 Å². The van der Waals surface area contributed by atoms with Crippen LogP contribution in [-0.2, 0) is 9.59 Å². The Hall–Kier alpha value is -2.02. The predicted octanol–water partition coefficient (Wildman–Crippen LogP) is 4.42. The first kappa shape index (κ1) is 25.1. The van der Waals surface area contributed by atoms with Gasteiger partial charge in [0.25, 0.3) is 0 Å². The van der Waals surface area contributed by atoms with Crippen LogP contribution in [0.4, 0.5) is 8.78 Å². The standard InChI is InChI=1S/C27H39F2N3O2/c1-27(2,3)32-17-22(21-10-9-20(28)16-24(21)29)23(18-32)26(34)31-13-11-30(12-14-31)25(33)15-19-7-5-4-6-8-19/h9-10,16,19,22-23H,4-8,11-15,17-18H2,1-3H3/t22-,23+/m0/s1. The van der Waals surface area contributed by atoms with Gasteiger partial charge in [-0.3, -0.25) is 14.5 Å². The van der Waals surface area contributed by atoms with Gasteiger partial charge in [0, 0.05) is 63.2 Å². The normalized spacial score (nSPS) is 25.1. The van der Waals surface area contributed by atoms with Crippen molar-refractivity contribution in [2.24, 2.45) is 11.8 Å². The highest BCUT2D eigenvalue weighted by atomic mass is 19.1. The molecule has 3 fully saturated rings. The highest BCUT2D eigenvalue weighted by Crippen LogP contribution is 2.38. The quantitative estimate of drug-likeness (QED) is 0.648. The molecule has 1 aliphatic carbocycles. The Bertz CT molecular complexity index is 886. The van der Waals surface area contributed by atoms with E-state index in [2.05, 4.69) is 25.7 Å². The number of hydrogen-bond donors (Lipinski definition) is 0. The molecule has 2 aliphatic heterocycles. The van der Waals surface area contributed by atoms with Crippen LogP contribution in [0.3, 0.4) is 0 Å². The highest BCUT2D eigenvalue weighted by Gasteiger charge is 2.44. The average molecular weight is 476 g/mol. The van der Waals surface area contributed by atoms with Crippen LogP contribution in [-0.4, -0.2) is 71.3 Å². The van der Waals surface area contributed by atoms with Crippen LogP contribution in [0.1, 0.15) is 70.8 Å². The molecule has 0 spiro atoms. The van der Waals surface area contributed by atoms with Crippen molar-refractivity contribution >= 4 is 11.8 Å². The molecule has 2 heterocycles.